The largest absolute Gasteiger partial charge is 0.481 e. The summed E-state index contributed by atoms with van der Waals surface area (Å²) in [6.45, 7) is 0.598. The third-order valence-corrected chi connectivity index (χ3v) is 4.33. The molecule has 0 unspecified atom stereocenters. The van der Waals surface area contributed by atoms with Crippen LogP contribution >= 0.6 is 15.9 Å². The quantitative estimate of drug-likeness (QED) is 0.638. The zero-order valence-corrected chi connectivity index (χ0v) is 15.8. The maximum absolute atomic E-state index is 12.1. The SMILES string of the molecule is O=C(Cc1cccc2ccccc12)NCC#CCOc1cccc(Br)c1. The molecule has 3 aromatic rings. The first-order valence-corrected chi connectivity index (χ1v) is 9.09. The molecule has 0 aliphatic rings. The second kappa shape index (κ2) is 9.07. The van der Waals surface area contributed by atoms with E-state index in [9.17, 15) is 4.79 Å². The van der Waals surface area contributed by atoms with Crippen molar-refractivity contribution in [2.45, 2.75) is 6.42 Å². The summed E-state index contributed by atoms with van der Waals surface area (Å²) in [5, 5.41) is 5.08. The van der Waals surface area contributed by atoms with Gasteiger partial charge in [-0.15, -0.1) is 0 Å². The highest BCUT2D eigenvalue weighted by Crippen LogP contribution is 2.19. The van der Waals surface area contributed by atoms with Crippen LogP contribution in [0.25, 0.3) is 10.8 Å². The van der Waals surface area contributed by atoms with Gasteiger partial charge in [0.1, 0.15) is 12.4 Å². The van der Waals surface area contributed by atoms with Gasteiger partial charge in [-0.2, -0.15) is 0 Å². The van der Waals surface area contributed by atoms with Gasteiger partial charge in [-0.1, -0.05) is 76.3 Å². The normalized spacial score (nSPS) is 10.0. The first kappa shape index (κ1) is 18.0. The highest BCUT2D eigenvalue weighted by molar-refractivity contribution is 9.10. The second-order valence-corrected chi connectivity index (χ2v) is 6.61. The molecule has 0 radical (unpaired) electrons. The highest BCUT2D eigenvalue weighted by Gasteiger charge is 2.05. The number of nitrogens with one attached hydrogen (secondary N) is 1. The van der Waals surface area contributed by atoms with Crippen molar-refractivity contribution in [1.82, 2.24) is 5.32 Å². The van der Waals surface area contributed by atoms with Crippen LogP contribution in [0.2, 0.25) is 0 Å². The summed E-state index contributed by atoms with van der Waals surface area (Å²) in [6, 6.07) is 21.7. The average molecular weight is 408 g/mol. The van der Waals surface area contributed by atoms with Gasteiger partial charge in [0.05, 0.1) is 13.0 Å². The van der Waals surface area contributed by atoms with E-state index in [0.29, 0.717) is 13.0 Å². The van der Waals surface area contributed by atoms with Gasteiger partial charge in [0.15, 0.2) is 0 Å². The number of amides is 1. The third-order valence-electron chi connectivity index (χ3n) is 3.84. The van der Waals surface area contributed by atoms with Gasteiger partial charge in [0.2, 0.25) is 5.91 Å². The van der Waals surface area contributed by atoms with Gasteiger partial charge in [0.25, 0.3) is 0 Å². The Balaban J connectivity index is 1.46. The molecule has 3 nitrogen and oxygen atoms in total. The molecule has 0 heterocycles. The number of hydrogen-bond donors (Lipinski definition) is 1. The van der Waals surface area contributed by atoms with Gasteiger partial charge in [0, 0.05) is 4.47 Å². The zero-order valence-electron chi connectivity index (χ0n) is 14.2. The minimum atomic E-state index is -0.0384. The summed E-state index contributed by atoms with van der Waals surface area (Å²) in [7, 11) is 0. The van der Waals surface area contributed by atoms with Crippen LogP contribution < -0.4 is 10.1 Å². The molecule has 1 N–H and O–H groups in total. The molecule has 0 saturated carbocycles. The van der Waals surface area contributed by atoms with Crippen molar-refractivity contribution in [3.8, 4) is 17.6 Å². The topological polar surface area (TPSA) is 38.3 Å². The van der Waals surface area contributed by atoms with Crippen LogP contribution in [0.15, 0.2) is 71.2 Å². The molecule has 0 aromatic heterocycles. The van der Waals surface area contributed by atoms with Gasteiger partial charge in [-0.05, 0) is 34.5 Å². The fraction of sp³-hybridized carbons (Fsp3) is 0.136. The molecule has 1 amide bonds. The molecule has 0 fully saturated rings. The Labute approximate surface area is 161 Å². The number of halogens is 1. The van der Waals surface area contributed by atoms with Crippen molar-refractivity contribution >= 4 is 32.6 Å². The van der Waals surface area contributed by atoms with E-state index < -0.39 is 0 Å². The highest BCUT2D eigenvalue weighted by atomic mass is 79.9. The molecule has 3 aromatic carbocycles. The number of carbonyl (C=O) groups excluding carboxylic acids is 1. The van der Waals surface area contributed by atoms with Crippen molar-refractivity contribution in [2.75, 3.05) is 13.2 Å². The lowest BCUT2D eigenvalue weighted by atomic mass is 10.0. The summed E-state index contributed by atoms with van der Waals surface area (Å²) in [4.78, 5) is 12.1. The Morgan fingerprint density at radius 1 is 1.00 bits per heavy atom. The first-order valence-electron chi connectivity index (χ1n) is 8.30. The van der Waals surface area contributed by atoms with Crippen LogP contribution in [0.3, 0.4) is 0 Å². The summed E-state index contributed by atoms with van der Waals surface area (Å²) < 4.78 is 6.48. The number of carbonyl (C=O) groups is 1. The van der Waals surface area contributed by atoms with Crippen LogP contribution in [-0.2, 0) is 11.2 Å². The Kier molecular flexibility index (Phi) is 6.29. The summed E-state index contributed by atoms with van der Waals surface area (Å²) in [5.41, 5.74) is 1.02. The Morgan fingerprint density at radius 2 is 1.81 bits per heavy atom. The van der Waals surface area contributed by atoms with Gasteiger partial charge in [-0.3, -0.25) is 4.79 Å². The minimum Gasteiger partial charge on any atom is -0.481 e. The van der Waals surface area contributed by atoms with E-state index in [4.69, 9.17) is 4.74 Å². The molecule has 0 saturated heterocycles. The van der Waals surface area contributed by atoms with E-state index >= 15 is 0 Å². The van der Waals surface area contributed by atoms with Crippen molar-refractivity contribution < 1.29 is 9.53 Å². The maximum Gasteiger partial charge on any atom is 0.225 e. The number of benzene rings is 3. The van der Waals surface area contributed by atoms with Gasteiger partial charge >= 0.3 is 0 Å². The van der Waals surface area contributed by atoms with Crippen molar-refractivity contribution in [1.29, 1.82) is 0 Å². The van der Waals surface area contributed by atoms with Crippen LogP contribution in [0.4, 0.5) is 0 Å². The Hall–Kier alpha value is -2.77. The Morgan fingerprint density at radius 3 is 2.69 bits per heavy atom. The van der Waals surface area contributed by atoms with E-state index in [0.717, 1.165) is 26.6 Å². The van der Waals surface area contributed by atoms with Crippen molar-refractivity contribution in [3.63, 3.8) is 0 Å². The van der Waals surface area contributed by atoms with E-state index in [1.54, 1.807) is 0 Å². The number of rotatable bonds is 5. The average Bonchev–Trinajstić information content (AvgIpc) is 2.65. The fourth-order valence-electron chi connectivity index (χ4n) is 2.61. The van der Waals surface area contributed by atoms with E-state index in [1.807, 2.05) is 66.7 Å². The smallest absolute Gasteiger partial charge is 0.225 e. The molecule has 3 rings (SSSR count). The molecule has 26 heavy (non-hydrogen) atoms. The van der Waals surface area contributed by atoms with Crippen LogP contribution in [0, 0.1) is 11.8 Å². The lowest BCUT2D eigenvalue weighted by molar-refractivity contribution is -0.120. The summed E-state index contributed by atoms with van der Waals surface area (Å²) in [5.74, 6) is 6.53. The lowest BCUT2D eigenvalue weighted by Gasteiger charge is -2.06. The number of hydrogen-bond acceptors (Lipinski definition) is 2. The van der Waals surface area contributed by atoms with Crippen molar-refractivity contribution in [3.05, 3.63) is 76.8 Å². The van der Waals surface area contributed by atoms with Gasteiger partial charge < -0.3 is 10.1 Å². The van der Waals surface area contributed by atoms with Crippen LogP contribution in [0.5, 0.6) is 5.75 Å². The molecule has 0 aliphatic carbocycles. The summed E-state index contributed by atoms with van der Waals surface area (Å²) in [6.07, 6.45) is 0.345. The molecule has 130 valence electrons. The van der Waals surface area contributed by atoms with E-state index in [2.05, 4.69) is 33.1 Å². The van der Waals surface area contributed by atoms with E-state index in [-0.39, 0.29) is 12.5 Å². The number of fused-ring (bicyclic) bond motifs is 1. The van der Waals surface area contributed by atoms with Crippen LogP contribution in [-0.4, -0.2) is 19.1 Å². The first-order chi connectivity index (χ1) is 12.7. The second-order valence-electron chi connectivity index (χ2n) is 5.69. The lowest BCUT2D eigenvalue weighted by Crippen LogP contribution is -2.25. The Bertz CT molecular complexity index is 967. The molecular weight excluding hydrogens is 390 g/mol. The number of ether oxygens (including phenoxy) is 1. The fourth-order valence-corrected chi connectivity index (χ4v) is 2.99. The summed E-state index contributed by atoms with van der Waals surface area (Å²) >= 11 is 3.39. The van der Waals surface area contributed by atoms with Gasteiger partial charge in [-0.25, -0.2) is 0 Å². The zero-order chi connectivity index (χ0) is 18.2. The molecule has 4 heteroatoms. The third kappa shape index (κ3) is 5.11. The molecule has 0 spiro atoms. The minimum absolute atomic E-state index is 0.0384. The van der Waals surface area contributed by atoms with Crippen molar-refractivity contribution in [2.24, 2.45) is 0 Å². The van der Waals surface area contributed by atoms with E-state index in [1.165, 1.54) is 0 Å². The molecule has 0 aliphatic heterocycles. The maximum atomic E-state index is 12.1. The molecule has 0 bridgehead atoms. The van der Waals surface area contributed by atoms with Crippen LogP contribution in [0.1, 0.15) is 5.56 Å². The monoisotopic (exact) mass is 407 g/mol. The molecule has 0 atom stereocenters. The molecular formula is C22H18BrNO2. The predicted molar refractivity (Wildman–Crippen MR) is 108 cm³/mol. The standard InChI is InChI=1S/C22H18BrNO2/c23-19-10-6-11-20(16-19)26-14-4-3-13-24-22(25)15-18-9-5-8-17-7-1-2-12-21(17)18/h1-2,5-12,16H,13-15H2,(H,24,25). The predicted octanol–water partition coefficient (Wildman–Crippen LogP) is 4.34.